The number of amides is 1. The van der Waals surface area contributed by atoms with Crippen molar-refractivity contribution in [1.82, 2.24) is 10.3 Å². The fraction of sp³-hybridized carbons (Fsp3) is 0.462. The lowest BCUT2D eigenvalue weighted by molar-refractivity contribution is -0.124. The number of likely N-dealkylation sites (N-methyl/N-ethyl adjacent to an activating group) is 1. The molecule has 1 aromatic rings. The van der Waals surface area contributed by atoms with E-state index in [-0.39, 0.29) is 18.2 Å². The summed E-state index contributed by atoms with van der Waals surface area (Å²) in [4.78, 5) is 28.9. The summed E-state index contributed by atoms with van der Waals surface area (Å²) in [7, 11) is 0. The Labute approximate surface area is 116 Å². The van der Waals surface area contributed by atoms with Gasteiger partial charge in [0.1, 0.15) is 11.9 Å². The minimum atomic E-state index is -1.09. The van der Waals surface area contributed by atoms with Gasteiger partial charge < -0.3 is 20.1 Å². The first kappa shape index (κ1) is 14.3. The van der Waals surface area contributed by atoms with Crippen LogP contribution in [0.15, 0.2) is 18.2 Å². The van der Waals surface area contributed by atoms with Gasteiger partial charge in [-0.1, -0.05) is 6.07 Å². The average Bonchev–Trinajstić information content (AvgIpc) is 2.47. The molecule has 1 unspecified atom stereocenters. The van der Waals surface area contributed by atoms with Crippen molar-refractivity contribution in [1.29, 1.82) is 0 Å². The van der Waals surface area contributed by atoms with E-state index in [1.54, 1.807) is 17.0 Å². The number of hydrogen-bond acceptors (Lipinski definition) is 5. The van der Waals surface area contributed by atoms with Gasteiger partial charge in [-0.15, -0.1) is 0 Å². The molecule has 7 nitrogen and oxygen atoms in total. The summed E-state index contributed by atoms with van der Waals surface area (Å²) in [6.07, 6.45) is 0. The zero-order valence-electron chi connectivity index (χ0n) is 11.2. The molecule has 108 valence electrons. The number of carboxylic acid groups (broad SMARTS) is 1. The molecule has 2 N–H and O–H groups in total. The molecule has 2 rings (SSSR count). The van der Waals surface area contributed by atoms with Gasteiger partial charge >= 0.3 is 5.97 Å². The van der Waals surface area contributed by atoms with Gasteiger partial charge in [-0.2, -0.15) is 0 Å². The van der Waals surface area contributed by atoms with Gasteiger partial charge in [-0.05, 0) is 19.1 Å². The Balaban J connectivity index is 2.25. The molecule has 1 aliphatic heterocycles. The second-order valence-electron chi connectivity index (χ2n) is 4.36. The van der Waals surface area contributed by atoms with Gasteiger partial charge in [0.25, 0.3) is 0 Å². The van der Waals surface area contributed by atoms with Crippen molar-refractivity contribution in [2.75, 3.05) is 31.2 Å². The summed E-state index contributed by atoms with van der Waals surface area (Å²) in [6, 6.07) is 4.26. The molecule has 0 aromatic carbocycles. The van der Waals surface area contributed by atoms with Crippen LogP contribution in [-0.4, -0.2) is 54.3 Å². The second kappa shape index (κ2) is 6.33. The van der Waals surface area contributed by atoms with Crippen LogP contribution < -0.4 is 10.2 Å². The maximum absolute atomic E-state index is 12.0. The van der Waals surface area contributed by atoms with Gasteiger partial charge in [0.15, 0.2) is 5.69 Å². The number of aromatic carboxylic acids is 1. The van der Waals surface area contributed by atoms with Gasteiger partial charge in [-0.3, -0.25) is 4.79 Å². The highest BCUT2D eigenvalue weighted by Gasteiger charge is 2.30. The first-order valence-corrected chi connectivity index (χ1v) is 6.46. The van der Waals surface area contributed by atoms with E-state index in [1.807, 2.05) is 6.92 Å². The molecule has 1 aromatic heterocycles. The Kier molecular flexibility index (Phi) is 4.52. The number of carboxylic acids is 1. The molecule has 0 radical (unpaired) electrons. The summed E-state index contributed by atoms with van der Waals surface area (Å²) in [5.74, 6) is -0.756. The highest BCUT2D eigenvalue weighted by Crippen LogP contribution is 2.18. The van der Waals surface area contributed by atoms with Crippen LogP contribution in [-0.2, 0) is 9.53 Å². The molecule has 1 amide bonds. The van der Waals surface area contributed by atoms with E-state index >= 15 is 0 Å². The Morgan fingerprint density at radius 3 is 3.05 bits per heavy atom. The van der Waals surface area contributed by atoms with E-state index in [2.05, 4.69) is 10.3 Å². The van der Waals surface area contributed by atoms with Gasteiger partial charge in [0.2, 0.25) is 5.91 Å². The smallest absolute Gasteiger partial charge is 0.354 e. The number of nitrogens with one attached hydrogen (secondary N) is 1. The number of rotatable bonds is 4. The number of ether oxygens (including phenoxy) is 1. The zero-order chi connectivity index (χ0) is 14.5. The maximum Gasteiger partial charge on any atom is 0.354 e. The molecule has 1 fully saturated rings. The van der Waals surface area contributed by atoms with Crippen molar-refractivity contribution in [3.05, 3.63) is 23.9 Å². The zero-order valence-corrected chi connectivity index (χ0v) is 11.2. The number of pyridine rings is 1. The number of morpholine rings is 1. The molecule has 0 bridgehead atoms. The summed E-state index contributed by atoms with van der Waals surface area (Å²) in [6.45, 7) is 3.62. The molecule has 1 atom stereocenters. The van der Waals surface area contributed by atoms with E-state index in [1.165, 1.54) is 6.07 Å². The third-order valence-corrected chi connectivity index (χ3v) is 3.03. The van der Waals surface area contributed by atoms with Crippen molar-refractivity contribution in [2.45, 2.75) is 13.0 Å². The SMILES string of the molecule is CCNC(=O)C1COCCN1c1cccc(C(=O)O)n1. The summed E-state index contributed by atoms with van der Waals surface area (Å²) in [5, 5.41) is 11.7. The van der Waals surface area contributed by atoms with Crippen LogP contribution >= 0.6 is 0 Å². The van der Waals surface area contributed by atoms with Gasteiger partial charge in [-0.25, -0.2) is 9.78 Å². The minimum Gasteiger partial charge on any atom is -0.477 e. The van der Waals surface area contributed by atoms with Crippen LogP contribution in [0.5, 0.6) is 0 Å². The summed E-state index contributed by atoms with van der Waals surface area (Å²) < 4.78 is 5.33. The second-order valence-corrected chi connectivity index (χ2v) is 4.36. The Hall–Kier alpha value is -2.15. The minimum absolute atomic E-state index is 0.0383. The van der Waals surface area contributed by atoms with E-state index in [9.17, 15) is 9.59 Å². The molecule has 0 aliphatic carbocycles. The lowest BCUT2D eigenvalue weighted by atomic mass is 10.2. The van der Waals surface area contributed by atoms with Crippen molar-refractivity contribution >= 4 is 17.7 Å². The standard InChI is InChI=1S/C13H17N3O4/c1-2-14-12(17)10-8-20-7-6-16(10)11-5-3-4-9(15-11)13(18)19/h3-5,10H,2,6-8H2,1H3,(H,14,17)(H,18,19). The molecule has 1 aliphatic rings. The van der Waals surface area contributed by atoms with E-state index in [0.29, 0.717) is 25.5 Å². The van der Waals surface area contributed by atoms with Crippen molar-refractivity contribution < 1.29 is 19.4 Å². The quantitative estimate of drug-likeness (QED) is 0.813. The third-order valence-electron chi connectivity index (χ3n) is 3.03. The van der Waals surface area contributed by atoms with Crippen LogP contribution in [0.25, 0.3) is 0 Å². The molecule has 20 heavy (non-hydrogen) atoms. The highest BCUT2D eigenvalue weighted by atomic mass is 16.5. The van der Waals surface area contributed by atoms with Gasteiger partial charge in [0.05, 0.1) is 13.2 Å². The first-order valence-electron chi connectivity index (χ1n) is 6.46. The lowest BCUT2D eigenvalue weighted by Gasteiger charge is -2.35. The Bertz CT molecular complexity index is 506. The molecule has 2 heterocycles. The highest BCUT2D eigenvalue weighted by molar-refractivity contribution is 5.87. The lowest BCUT2D eigenvalue weighted by Crippen LogP contribution is -2.54. The van der Waals surface area contributed by atoms with Crippen LogP contribution in [0.2, 0.25) is 0 Å². The molecule has 0 spiro atoms. The van der Waals surface area contributed by atoms with Crippen molar-refractivity contribution in [3.63, 3.8) is 0 Å². The predicted octanol–water partition coefficient (Wildman–Crippen LogP) is 0.121. The predicted molar refractivity (Wildman–Crippen MR) is 71.8 cm³/mol. The monoisotopic (exact) mass is 279 g/mol. The third kappa shape index (κ3) is 3.05. The molecular formula is C13H17N3O4. The number of anilines is 1. The molecule has 7 heteroatoms. The largest absolute Gasteiger partial charge is 0.477 e. The number of carbonyl (C=O) groups excluding carboxylic acids is 1. The number of hydrogen-bond donors (Lipinski definition) is 2. The summed E-state index contributed by atoms with van der Waals surface area (Å²) >= 11 is 0. The fourth-order valence-electron chi connectivity index (χ4n) is 2.09. The fourth-order valence-corrected chi connectivity index (χ4v) is 2.09. The van der Waals surface area contributed by atoms with Crippen molar-refractivity contribution in [2.24, 2.45) is 0 Å². The molecule has 0 saturated carbocycles. The Morgan fingerprint density at radius 1 is 1.55 bits per heavy atom. The maximum atomic E-state index is 12.0. The van der Waals surface area contributed by atoms with Crippen molar-refractivity contribution in [3.8, 4) is 0 Å². The number of aromatic nitrogens is 1. The molecular weight excluding hydrogens is 262 g/mol. The van der Waals surface area contributed by atoms with Crippen LogP contribution in [0.4, 0.5) is 5.82 Å². The van der Waals surface area contributed by atoms with Gasteiger partial charge in [0, 0.05) is 13.1 Å². The Morgan fingerprint density at radius 2 is 2.35 bits per heavy atom. The summed E-state index contributed by atoms with van der Waals surface area (Å²) in [5.41, 5.74) is -0.0383. The van der Waals surface area contributed by atoms with Crippen LogP contribution in [0.3, 0.4) is 0 Å². The van der Waals surface area contributed by atoms with E-state index < -0.39 is 12.0 Å². The molecule has 1 saturated heterocycles. The normalized spacial score (nSPS) is 18.6. The average molecular weight is 279 g/mol. The van der Waals surface area contributed by atoms with Crippen LogP contribution in [0, 0.1) is 0 Å². The van der Waals surface area contributed by atoms with E-state index in [4.69, 9.17) is 9.84 Å². The van der Waals surface area contributed by atoms with E-state index in [0.717, 1.165) is 0 Å². The van der Waals surface area contributed by atoms with Crippen LogP contribution in [0.1, 0.15) is 17.4 Å². The number of carbonyl (C=O) groups is 2. The number of nitrogens with zero attached hydrogens (tertiary/aromatic N) is 2. The first-order chi connectivity index (χ1) is 9.63. The topological polar surface area (TPSA) is 91.8 Å².